The molecule has 0 saturated heterocycles. The molecule has 1 heterocycles. The number of rotatable bonds is 0. The Kier molecular flexibility index (Phi) is 11.1. The minimum Gasteiger partial charge on any atom is -0.450 e. The molecule has 3 heteroatoms. The van der Waals surface area contributed by atoms with Gasteiger partial charge in [-0.25, -0.2) is 0 Å². The van der Waals surface area contributed by atoms with E-state index in [4.69, 9.17) is 0 Å². The molecule has 0 spiro atoms. The minimum absolute atomic E-state index is 0. The number of hydrogen-bond acceptors (Lipinski definition) is 1. The van der Waals surface area contributed by atoms with Gasteiger partial charge < -0.3 is 9.97 Å². The summed E-state index contributed by atoms with van der Waals surface area (Å²) >= 11 is 0. The van der Waals surface area contributed by atoms with Crippen LogP contribution in [-0.2, 0) is 20.4 Å². The van der Waals surface area contributed by atoms with Crippen LogP contribution in [0.15, 0.2) is 12.5 Å². The van der Waals surface area contributed by atoms with Gasteiger partial charge in [0.05, 0.1) is 0 Å². The van der Waals surface area contributed by atoms with Crippen molar-refractivity contribution in [3.8, 4) is 0 Å². The van der Waals surface area contributed by atoms with Gasteiger partial charge in [0.25, 0.3) is 0 Å². The summed E-state index contributed by atoms with van der Waals surface area (Å²) in [7, 11) is 0. The molecule has 1 aromatic heterocycles. The van der Waals surface area contributed by atoms with E-state index < -0.39 is 0 Å². The average Bonchev–Trinajstić information content (AvgIpc) is 2.20. The molecule has 62 valence electrons. The Hall–Kier alpha value is -0.128. The van der Waals surface area contributed by atoms with Crippen LogP contribution in [0.4, 0.5) is 0 Å². The molecule has 1 aromatic rings. The van der Waals surface area contributed by atoms with E-state index >= 15 is 0 Å². The largest absolute Gasteiger partial charge is 0.450 e. The van der Waals surface area contributed by atoms with Gasteiger partial charge in [-0.3, -0.25) is 0 Å². The smallest absolute Gasteiger partial charge is 0 e. The zero-order chi connectivity index (χ0) is 7.11. The first-order chi connectivity index (χ1) is 4.31. The maximum Gasteiger partial charge on any atom is 0 e. The molecule has 0 aliphatic heterocycles. The summed E-state index contributed by atoms with van der Waals surface area (Å²) in [5.74, 6) is 0. The maximum atomic E-state index is 3.81. The SMILES string of the molecule is CCC.Cc1c[n-]cn1.[Pd]. The fourth-order valence-corrected chi connectivity index (χ4v) is 0.299. The number of aromatic nitrogens is 2. The summed E-state index contributed by atoms with van der Waals surface area (Å²) in [6, 6.07) is 0. The molecule has 0 atom stereocenters. The molecule has 0 unspecified atom stereocenters. The summed E-state index contributed by atoms with van der Waals surface area (Å²) in [4.78, 5) is 7.52. The minimum atomic E-state index is 0. The van der Waals surface area contributed by atoms with Crippen molar-refractivity contribution in [2.75, 3.05) is 0 Å². The van der Waals surface area contributed by atoms with Crippen LogP contribution in [0.25, 0.3) is 0 Å². The molecule has 0 saturated carbocycles. The first-order valence-electron chi connectivity index (χ1n) is 3.20. The first-order valence-corrected chi connectivity index (χ1v) is 3.20. The zero-order valence-corrected chi connectivity index (χ0v) is 8.13. The van der Waals surface area contributed by atoms with E-state index in [2.05, 4.69) is 23.8 Å². The molecule has 0 aromatic carbocycles. The Morgan fingerprint density at radius 3 is 2.10 bits per heavy atom. The van der Waals surface area contributed by atoms with Crippen LogP contribution >= 0.6 is 0 Å². The summed E-state index contributed by atoms with van der Waals surface area (Å²) in [6.07, 6.45) is 4.51. The van der Waals surface area contributed by atoms with Crippen molar-refractivity contribution in [2.24, 2.45) is 0 Å². The second kappa shape index (κ2) is 8.87. The third kappa shape index (κ3) is 7.87. The number of imidazole rings is 1. The van der Waals surface area contributed by atoms with Crippen LogP contribution in [0.5, 0.6) is 0 Å². The standard InChI is InChI=1S/C4H5N2.C3H8.Pd/c1-4-2-5-3-6-4;1-3-2;/h2-3H,1H3;3H2,1-2H3;/q-1;;. The van der Waals surface area contributed by atoms with Crippen LogP contribution in [0.3, 0.4) is 0 Å². The van der Waals surface area contributed by atoms with Gasteiger partial charge in [0.15, 0.2) is 0 Å². The Labute approximate surface area is 76.1 Å². The van der Waals surface area contributed by atoms with Crippen molar-refractivity contribution < 1.29 is 20.4 Å². The van der Waals surface area contributed by atoms with E-state index in [9.17, 15) is 0 Å². The van der Waals surface area contributed by atoms with Crippen molar-refractivity contribution in [3.05, 3.63) is 18.2 Å². The number of nitrogens with zero attached hydrogens (tertiary/aromatic N) is 2. The monoisotopic (exact) mass is 231 g/mol. The predicted molar refractivity (Wildman–Crippen MR) is 38.3 cm³/mol. The molecular formula is C7H13N2Pd-. The molecule has 2 nitrogen and oxygen atoms in total. The summed E-state index contributed by atoms with van der Waals surface area (Å²) in [6.45, 7) is 6.16. The quantitative estimate of drug-likeness (QED) is 0.636. The Morgan fingerprint density at radius 1 is 1.50 bits per heavy atom. The Bertz CT molecular complexity index is 126. The van der Waals surface area contributed by atoms with Crippen molar-refractivity contribution in [2.45, 2.75) is 27.2 Å². The molecule has 0 bridgehead atoms. The van der Waals surface area contributed by atoms with E-state index in [1.54, 1.807) is 6.20 Å². The van der Waals surface area contributed by atoms with Crippen LogP contribution in [0, 0.1) is 6.92 Å². The predicted octanol–water partition coefficient (Wildman–Crippen LogP) is 1.76. The van der Waals surface area contributed by atoms with Crippen LogP contribution < -0.4 is 4.98 Å². The molecule has 1 rings (SSSR count). The van der Waals surface area contributed by atoms with Crippen LogP contribution in [-0.4, -0.2) is 4.98 Å². The fraction of sp³-hybridized carbons (Fsp3) is 0.571. The van der Waals surface area contributed by atoms with Crippen LogP contribution in [0.1, 0.15) is 26.0 Å². The van der Waals surface area contributed by atoms with Gasteiger partial charge in [-0.1, -0.05) is 38.5 Å². The van der Waals surface area contributed by atoms with Crippen molar-refractivity contribution in [3.63, 3.8) is 0 Å². The third-order valence-corrected chi connectivity index (χ3v) is 0.589. The van der Waals surface area contributed by atoms with Gasteiger partial charge >= 0.3 is 0 Å². The third-order valence-electron chi connectivity index (χ3n) is 0.589. The molecule has 0 N–H and O–H groups in total. The second-order valence-electron chi connectivity index (χ2n) is 1.87. The van der Waals surface area contributed by atoms with Crippen molar-refractivity contribution >= 4 is 0 Å². The van der Waals surface area contributed by atoms with Gasteiger partial charge in [-0.05, 0) is 6.92 Å². The topological polar surface area (TPSA) is 27.0 Å². The number of aryl methyl sites for hydroxylation is 1. The van der Waals surface area contributed by atoms with Gasteiger partial charge in [0, 0.05) is 20.4 Å². The van der Waals surface area contributed by atoms with E-state index in [0.717, 1.165) is 5.69 Å². The molecule has 0 radical (unpaired) electrons. The van der Waals surface area contributed by atoms with Crippen molar-refractivity contribution in [1.82, 2.24) is 9.97 Å². The maximum absolute atomic E-state index is 3.81. The average molecular weight is 232 g/mol. The van der Waals surface area contributed by atoms with Gasteiger partial charge in [0.1, 0.15) is 0 Å². The van der Waals surface area contributed by atoms with Crippen molar-refractivity contribution in [1.29, 1.82) is 0 Å². The van der Waals surface area contributed by atoms with Gasteiger partial charge in [0.2, 0.25) is 0 Å². The van der Waals surface area contributed by atoms with Gasteiger partial charge in [-0.15, -0.1) is 0 Å². The zero-order valence-electron chi connectivity index (χ0n) is 6.57. The molecule has 0 aliphatic rings. The summed E-state index contributed by atoms with van der Waals surface area (Å²) in [5, 5.41) is 0. The Morgan fingerprint density at radius 2 is 2.00 bits per heavy atom. The van der Waals surface area contributed by atoms with E-state index in [-0.39, 0.29) is 20.4 Å². The summed E-state index contributed by atoms with van der Waals surface area (Å²) in [5.41, 5.74) is 0.981. The number of hydrogen-bond donors (Lipinski definition) is 0. The van der Waals surface area contributed by atoms with E-state index in [1.807, 2.05) is 6.92 Å². The second-order valence-corrected chi connectivity index (χ2v) is 1.87. The summed E-state index contributed by atoms with van der Waals surface area (Å²) < 4.78 is 0. The van der Waals surface area contributed by atoms with Gasteiger partial charge in [-0.2, -0.15) is 0 Å². The molecule has 0 aliphatic carbocycles. The first kappa shape index (κ1) is 12.5. The molecule has 0 amide bonds. The molecule has 0 fully saturated rings. The molecule has 10 heavy (non-hydrogen) atoms. The fourth-order valence-electron chi connectivity index (χ4n) is 0.299. The molecular weight excluding hydrogens is 219 g/mol. The van der Waals surface area contributed by atoms with Crippen LogP contribution in [0.2, 0.25) is 0 Å². The van der Waals surface area contributed by atoms with E-state index in [1.165, 1.54) is 12.7 Å². The van der Waals surface area contributed by atoms with E-state index in [0.29, 0.717) is 0 Å². The Balaban J connectivity index is 0. The normalized spacial score (nSPS) is 7.10.